The summed E-state index contributed by atoms with van der Waals surface area (Å²) in [6, 6.07) is 4.96. The van der Waals surface area contributed by atoms with Gasteiger partial charge in [-0.15, -0.1) is 0 Å². The van der Waals surface area contributed by atoms with Crippen molar-refractivity contribution in [1.29, 1.82) is 0 Å². The third-order valence-corrected chi connectivity index (χ3v) is 3.76. The summed E-state index contributed by atoms with van der Waals surface area (Å²) in [5.74, 6) is 0.670. The molecule has 114 valence electrons. The number of benzene rings is 1. The second-order valence-electron chi connectivity index (χ2n) is 5.13. The summed E-state index contributed by atoms with van der Waals surface area (Å²) >= 11 is 6.06. The molecule has 0 bridgehead atoms. The second-order valence-corrected chi connectivity index (χ2v) is 5.54. The molecule has 21 heavy (non-hydrogen) atoms. The maximum absolute atomic E-state index is 12.1. The first-order valence-electron chi connectivity index (χ1n) is 6.95. The molecule has 2 amide bonds. The minimum Gasteiger partial charge on any atom is -0.492 e. The van der Waals surface area contributed by atoms with E-state index in [0.717, 1.165) is 0 Å². The van der Waals surface area contributed by atoms with E-state index in [2.05, 4.69) is 5.32 Å². The first kappa shape index (κ1) is 15.6. The molecule has 2 rings (SSSR count). The van der Waals surface area contributed by atoms with E-state index >= 15 is 0 Å². The minimum absolute atomic E-state index is 0.123. The molecule has 1 atom stereocenters. The Morgan fingerprint density at radius 2 is 2.29 bits per heavy atom. The van der Waals surface area contributed by atoms with Gasteiger partial charge in [0.15, 0.2) is 0 Å². The Hall–Kier alpha value is -1.75. The average molecular weight is 311 g/mol. The zero-order valence-electron chi connectivity index (χ0n) is 12.2. The molecule has 1 fully saturated rings. The van der Waals surface area contributed by atoms with Gasteiger partial charge in [0.1, 0.15) is 5.75 Å². The number of rotatable bonds is 5. The van der Waals surface area contributed by atoms with Crippen LogP contribution in [-0.4, -0.2) is 43.5 Å². The fraction of sp³-hybridized carbons (Fsp3) is 0.467. The number of likely N-dealkylation sites (tertiary alicyclic amines) is 1. The van der Waals surface area contributed by atoms with Crippen LogP contribution in [-0.2, 0) is 4.79 Å². The van der Waals surface area contributed by atoms with Crippen molar-refractivity contribution in [1.82, 2.24) is 10.2 Å². The normalized spacial score (nSPS) is 18.0. The van der Waals surface area contributed by atoms with Crippen molar-refractivity contribution >= 4 is 23.4 Å². The van der Waals surface area contributed by atoms with Crippen molar-refractivity contribution in [3.63, 3.8) is 0 Å². The van der Waals surface area contributed by atoms with E-state index < -0.39 is 0 Å². The van der Waals surface area contributed by atoms with E-state index in [1.165, 1.54) is 0 Å². The highest BCUT2D eigenvalue weighted by atomic mass is 35.5. The fourth-order valence-electron chi connectivity index (χ4n) is 2.35. The quantitative estimate of drug-likeness (QED) is 0.904. The molecule has 1 aromatic rings. The summed E-state index contributed by atoms with van der Waals surface area (Å²) in [4.78, 5) is 25.2. The molecular formula is C15H19ClN2O3. The third kappa shape index (κ3) is 3.88. The van der Waals surface area contributed by atoms with E-state index in [4.69, 9.17) is 16.3 Å². The van der Waals surface area contributed by atoms with Gasteiger partial charge in [0.25, 0.3) is 5.91 Å². The first-order chi connectivity index (χ1) is 10.0. The van der Waals surface area contributed by atoms with Gasteiger partial charge in [-0.25, -0.2) is 0 Å². The van der Waals surface area contributed by atoms with Crippen molar-refractivity contribution < 1.29 is 14.3 Å². The number of carbonyl (C=O) groups excluding carboxylic acids is 2. The Kier molecular flexibility index (Phi) is 5.07. The predicted molar refractivity (Wildman–Crippen MR) is 80.7 cm³/mol. The molecular weight excluding hydrogens is 292 g/mol. The highest BCUT2D eigenvalue weighted by Crippen LogP contribution is 2.25. The number of halogens is 1. The van der Waals surface area contributed by atoms with Gasteiger partial charge in [0.05, 0.1) is 11.6 Å². The van der Waals surface area contributed by atoms with Gasteiger partial charge in [0.2, 0.25) is 5.91 Å². The molecule has 1 aliphatic rings. The van der Waals surface area contributed by atoms with Gasteiger partial charge < -0.3 is 15.0 Å². The lowest BCUT2D eigenvalue weighted by Gasteiger charge is -2.12. The highest BCUT2D eigenvalue weighted by Gasteiger charge is 2.26. The first-order valence-corrected chi connectivity index (χ1v) is 7.33. The van der Waals surface area contributed by atoms with Crippen molar-refractivity contribution in [2.45, 2.75) is 13.3 Å². The summed E-state index contributed by atoms with van der Waals surface area (Å²) in [5.41, 5.74) is 0.487. The van der Waals surface area contributed by atoms with Crippen molar-refractivity contribution in [3.8, 4) is 5.75 Å². The van der Waals surface area contributed by atoms with Gasteiger partial charge >= 0.3 is 0 Å². The van der Waals surface area contributed by atoms with Crippen LogP contribution in [0, 0.1) is 5.92 Å². The summed E-state index contributed by atoms with van der Waals surface area (Å²) in [7, 11) is 1.77. The number of hydrogen-bond acceptors (Lipinski definition) is 3. The van der Waals surface area contributed by atoms with Gasteiger partial charge in [-0.05, 0) is 25.1 Å². The van der Waals surface area contributed by atoms with Crippen LogP contribution < -0.4 is 10.1 Å². The van der Waals surface area contributed by atoms with Gasteiger partial charge in [-0.1, -0.05) is 11.6 Å². The molecule has 1 aliphatic heterocycles. The molecule has 0 aromatic heterocycles. The predicted octanol–water partition coefficient (Wildman–Crippen LogP) is 1.95. The monoisotopic (exact) mass is 310 g/mol. The molecule has 1 saturated heterocycles. The van der Waals surface area contributed by atoms with E-state index in [9.17, 15) is 9.59 Å². The van der Waals surface area contributed by atoms with Crippen molar-refractivity contribution in [3.05, 3.63) is 28.8 Å². The Bertz CT molecular complexity index is 548. The maximum atomic E-state index is 12.1. The number of carbonyl (C=O) groups is 2. The molecule has 0 unspecified atom stereocenters. The van der Waals surface area contributed by atoms with Crippen LogP contribution in [0.25, 0.3) is 0 Å². The summed E-state index contributed by atoms with van der Waals surface area (Å²) in [6.07, 6.45) is 0.487. The Balaban J connectivity index is 1.91. The molecule has 1 N–H and O–H groups in total. The molecule has 6 heteroatoms. The Labute approximate surface area is 129 Å². The highest BCUT2D eigenvalue weighted by molar-refractivity contribution is 6.32. The number of amides is 2. The Morgan fingerprint density at radius 3 is 2.86 bits per heavy atom. The number of nitrogens with one attached hydrogen (secondary N) is 1. The van der Waals surface area contributed by atoms with Gasteiger partial charge in [0, 0.05) is 38.0 Å². The number of ether oxygens (including phenoxy) is 1. The van der Waals surface area contributed by atoms with Crippen LogP contribution in [0.4, 0.5) is 0 Å². The molecule has 0 saturated carbocycles. The second kappa shape index (κ2) is 6.80. The molecule has 1 heterocycles. The summed E-state index contributed by atoms with van der Waals surface area (Å²) in [5, 5.41) is 3.26. The van der Waals surface area contributed by atoms with Crippen LogP contribution in [0.2, 0.25) is 5.02 Å². The van der Waals surface area contributed by atoms with Crippen LogP contribution >= 0.6 is 11.6 Å². The fourth-order valence-corrected chi connectivity index (χ4v) is 2.58. The largest absolute Gasteiger partial charge is 0.492 e. The molecule has 0 radical (unpaired) electrons. The summed E-state index contributed by atoms with van der Waals surface area (Å²) < 4.78 is 5.33. The van der Waals surface area contributed by atoms with Gasteiger partial charge in [-0.2, -0.15) is 0 Å². The lowest BCUT2D eigenvalue weighted by Crippen LogP contribution is -2.30. The van der Waals surface area contributed by atoms with Gasteiger partial charge in [-0.3, -0.25) is 9.59 Å². The maximum Gasteiger partial charge on any atom is 0.251 e. The zero-order chi connectivity index (χ0) is 15.4. The molecule has 1 aromatic carbocycles. The third-order valence-electron chi connectivity index (χ3n) is 3.47. The zero-order valence-corrected chi connectivity index (χ0v) is 12.9. The standard InChI is InChI=1S/C15H19ClN2O3/c1-3-21-13-5-4-11(7-12(13)16)15(20)17-8-10-6-14(19)18(2)9-10/h4-5,7,10H,3,6,8-9H2,1-2H3,(H,17,20)/t10-/m1/s1. The van der Waals surface area contributed by atoms with E-state index in [1.54, 1.807) is 30.1 Å². The molecule has 0 aliphatic carbocycles. The van der Waals surface area contributed by atoms with Crippen molar-refractivity contribution in [2.75, 3.05) is 26.7 Å². The summed E-state index contributed by atoms with van der Waals surface area (Å²) in [6.45, 7) is 3.56. The van der Waals surface area contributed by atoms with Crippen LogP contribution in [0.1, 0.15) is 23.7 Å². The smallest absolute Gasteiger partial charge is 0.251 e. The molecule has 0 spiro atoms. The van der Waals surface area contributed by atoms with Crippen LogP contribution in [0.3, 0.4) is 0 Å². The lowest BCUT2D eigenvalue weighted by molar-refractivity contribution is -0.126. The number of nitrogens with zero attached hydrogens (tertiary/aromatic N) is 1. The lowest BCUT2D eigenvalue weighted by atomic mass is 10.1. The SMILES string of the molecule is CCOc1ccc(C(=O)NC[C@H]2CC(=O)N(C)C2)cc1Cl. The number of hydrogen-bond donors (Lipinski definition) is 1. The molecule has 5 nitrogen and oxygen atoms in total. The van der Waals surface area contributed by atoms with E-state index in [-0.39, 0.29) is 17.7 Å². The minimum atomic E-state index is -0.193. The topological polar surface area (TPSA) is 58.6 Å². The van der Waals surface area contributed by atoms with Crippen LogP contribution in [0.5, 0.6) is 5.75 Å². The van der Waals surface area contributed by atoms with E-state index in [0.29, 0.717) is 42.5 Å². The van der Waals surface area contributed by atoms with E-state index in [1.807, 2.05) is 6.92 Å². The average Bonchev–Trinajstić information content (AvgIpc) is 2.77. The van der Waals surface area contributed by atoms with Crippen LogP contribution in [0.15, 0.2) is 18.2 Å². The van der Waals surface area contributed by atoms with Crippen molar-refractivity contribution in [2.24, 2.45) is 5.92 Å². The Morgan fingerprint density at radius 1 is 1.52 bits per heavy atom.